The topological polar surface area (TPSA) is 58.4 Å². The highest BCUT2D eigenvalue weighted by atomic mass is 16.2. The van der Waals surface area contributed by atoms with Crippen molar-refractivity contribution in [3.8, 4) is 0 Å². The van der Waals surface area contributed by atoms with E-state index < -0.39 is 0 Å². The Bertz CT molecular complexity index is 889. The van der Waals surface area contributed by atoms with Gasteiger partial charge in [0.15, 0.2) is 0 Å². The highest BCUT2D eigenvalue weighted by Gasteiger charge is 2.32. The first kappa shape index (κ1) is 16.0. The van der Waals surface area contributed by atoms with Gasteiger partial charge in [0.1, 0.15) is 0 Å². The molecule has 6 heteroatoms. The zero-order valence-corrected chi connectivity index (χ0v) is 14.6. The van der Waals surface area contributed by atoms with Crippen molar-refractivity contribution in [2.24, 2.45) is 7.05 Å². The van der Waals surface area contributed by atoms with Crippen molar-refractivity contribution in [3.63, 3.8) is 0 Å². The zero-order valence-electron chi connectivity index (χ0n) is 14.6. The average Bonchev–Trinajstić information content (AvgIpc) is 3.05. The molecule has 2 aromatic rings. The molecule has 0 aliphatic carbocycles. The van der Waals surface area contributed by atoms with Crippen molar-refractivity contribution < 1.29 is 4.79 Å². The van der Waals surface area contributed by atoms with Gasteiger partial charge in [-0.05, 0) is 30.5 Å². The molecule has 0 N–H and O–H groups in total. The van der Waals surface area contributed by atoms with Crippen LogP contribution in [-0.4, -0.2) is 39.7 Å². The first-order valence-corrected chi connectivity index (χ1v) is 8.74. The highest BCUT2D eigenvalue weighted by molar-refractivity contribution is 5.98. The summed E-state index contributed by atoms with van der Waals surface area (Å²) in [4.78, 5) is 28.9. The molecule has 0 fully saturated rings. The van der Waals surface area contributed by atoms with Gasteiger partial charge in [0, 0.05) is 44.9 Å². The monoisotopic (exact) mass is 338 g/mol. The molecule has 0 radical (unpaired) electrons. The van der Waals surface area contributed by atoms with E-state index in [9.17, 15) is 9.59 Å². The number of nitrogens with zero attached hydrogens (tertiary/aromatic N) is 4. The summed E-state index contributed by atoms with van der Waals surface area (Å²) in [6, 6.07) is 9.54. The van der Waals surface area contributed by atoms with Gasteiger partial charge in [-0.15, -0.1) is 0 Å². The fourth-order valence-corrected chi connectivity index (χ4v) is 3.79. The number of amides is 1. The van der Waals surface area contributed by atoms with E-state index in [0.717, 1.165) is 42.9 Å². The molecule has 0 spiro atoms. The number of carbonyl (C=O) groups is 1. The minimum atomic E-state index is -0.219. The van der Waals surface area contributed by atoms with Gasteiger partial charge in [-0.25, -0.2) is 4.68 Å². The zero-order chi connectivity index (χ0) is 17.6. The molecule has 1 aromatic carbocycles. The fourth-order valence-electron chi connectivity index (χ4n) is 3.79. The summed E-state index contributed by atoms with van der Waals surface area (Å²) >= 11 is 0. The van der Waals surface area contributed by atoms with Crippen molar-refractivity contribution in [1.82, 2.24) is 14.7 Å². The van der Waals surface area contributed by atoms with Gasteiger partial charge in [0.25, 0.3) is 5.56 Å². The van der Waals surface area contributed by atoms with E-state index in [-0.39, 0.29) is 17.5 Å². The van der Waals surface area contributed by atoms with Gasteiger partial charge < -0.3 is 4.90 Å². The van der Waals surface area contributed by atoms with Crippen LogP contribution < -0.4 is 10.5 Å². The van der Waals surface area contributed by atoms with E-state index in [1.54, 1.807) is 13.1 Å². The third-order valence-corrected chi connectivity index (χ3v) is 5.33. The second-order valence-electron chi connectivity index (χ2n) is 6.84. The van der Waals surface area contributed by atoms with Crippen LogP contribution in [0, 0.1) is 0 Å². The lowest BCUT2D eigenvalue weighted by Gasteiger charge is -2.34. The highest BCUT2D eigenvalue weighted by Crippen LogP contribution is 2.29. The number of anilines is 1. The number of aryl methyl sites for hydroxylation is 1. The smallest absolute Gasteiger partial charge is 0.266 e. The number of benzene rings is 1. The van der Waals surface area contributed by atoms with Crippen molar-refractivity contribution in [2.75, 3.05) is 18.0 Å². The summed E-state index contributed by atoms with van der Waals surface area (Å²) in [6.07, 6.45) is 1.68. The molecule has 1 amide bonds. The third-order valence-electron chi connectivity index (χ3n) is 5.33. The molecule has 25 heavy (non-hydrogen) atoms. The normalized spacial score (nSPS) is 17.9. The Morgan fingerprint density at radius 3 is 2.80 bits per heavy atom. The number of hydrogen-bond donors (Lipinski definition) is 0. The van der Waals surface area contributed by atoms with Crippen molar-refractivity contribution in [3.05, 3.63) is 57.5 Å². The maximum Gasteiger partial charge on any atom is 0.266 e. The van der Waals surface area contributed by atoms with E-state index >= 15 is 0 Å². The van der Waals surface area contributed by atoms with Crippen LogP contribution >= 0.6 is 0 Å². The molecule has 2 aliphatic heterocycles. The molecule has 2 aliphatic rings. The van der Waals surface area contributed by atoms with E-state index in [2.05, 4.69) is 16.1 Å². The Kier molecular flexibility index (Phi) is 3.92. The predicted molar refractivity (Wildman–Crippen MR) is 95.6 cm³/mol. The molecule has 6 nitrogen and oxygen atoms in total. The lowest BCUT2D eigenvalue weighted by molar-refractivity contribution is -0.123. The maximum absolute atomic E-state index is 13.0. The summed E-state index contributed by atoms with van der Waals surface area (Å²) < 4.78 is 1.38. The fraction of sp³-hybridized carbons (Fsp3) is 0.421. The second-order valence-corrected chi connectivity index (χ2v) is 6.84. The molecule has 0 saturated carbocycles. The van der Waals surface area contributed by atoms with Crippen molar-refractivity contribution in [2.45, 2.75) is 32.4 Å². The van der Waals surface area contributed by atoms with Crippen LogP contribution in [0.4, 0.5) is 5.69 Å². The Balaban J connectivity index is 1.54. The van der Waals surface area contributed by atoms with E-state index in [4.69, 9.17) is 0 Å². The van der Waals surface area contributed by atoms with E-state index in [0.29, 0.717) is 6.54 Å². The van der Waals surface area contributed by atoms with Gasteiger partial charge in [-0.1, -0.05) is 18.2 Å². The molecular weight excluding hydrogens is 316 g/mol. The molecular formula is C19H22N4O2. The second kappa shape index (κ2) is 6.11. The number of para-hydroxylation sites is 1. The molecule has 1 atom stereocenters. The van der Waals surface area contributed by atoms with Gasteiger partial charge in [0.05, 0.1) is 11.7 Å². The molecule has 0 bridgehead atoms. The first-order chi connectivity index (χ1) is 12.0. The van der Waals surface area contributed by atoms with Gasteiger partial charge in [-0.2, -0.15) is 5.10 Å². The molecule has 4 rings (SSSR count). The minimum Gasteiger partial charge on any atom is -0.310 e. The van der Waals surface area contributed by atoms with Crippen LogP contribution in [0.1, 0.15) is 23.7 Å². The molecule has 3 heterocycles. The van der Waals surface area contributed by atoms with Crippen molar-refractivity contribution >= 4 is 11.6 Å². The lowest BCUT2D eigenvalue weighted by atomic mass is 10.0. The predicted octanol–water partition coefficient (Wildman–Crippen LogP) is 1.12. The van der Waals surface area contributed by atoms with Crippen LogP contribution in [0.25, 0.3) is 0 Å². The summed E-state index contributed by atoms with van der Waals surface area (Å²) in [5.74, 6) is 0.130. The largest absolute Gasteiger partial charge is 0.310 e. The number of carbonyl (C=O) groups excluding carboxylic acids is 1. The van der Waals surface area contributed by atoms with Crippen LogP contribution in [0.2, 0.25) is 0 Å². The van der Waals surface area contributed by atoms with Crippen LogP contribution in [0.3, 0.4) is 0 Å². The average molecular weight is 338 g/mol. The van der Waals surface area contributed by atoms with Gasteiger partial charge >= 0.3 is 0 Å². The van der Waals surface area contributed by atoms with Crippen LogP contribution in [-0.2, 0) is 31.2 Å². The Labute approximate surface area is 146 Å². The SMILES string of the molecule is CC(C(=O)N1CCc2ccccc21)N1CCc2nn(C)c(=O)cc2C1. The minimum absolute atomic E-state index is 0.104. The number of hydrogen-bond acceptors (Lipinski definition) is 4. The Hall–Kier alpha value is -2.47. The molecule has 1 aromatic heterocycles. The summed E-state index contributed by atoms with van der Waals surface area (Å²) in [7, 11) is 1.67. The van der Waals surface area contributed by atoms with Gasteiger partial charge in [-0.3, -0.25) is 14.5 Å². The van der Waals surface area contributed by atoms with Gasteiger partial charge in [0.2, 0.25) is 5.91 Å². The van der Waals surface area contributed by atoms with Crippen LogP contribution in [0.15, 0.2) is 35.1 Å². The Morgan fingerprint density at radius 2 is 1.96 bits per heavy atom. The van der Waals surface area contributed by atoms with E-state index in [1.807, 2.05) is 30.0 Å². The maximum atomic E-state index is 13.0. The lowest BCUT2D eigenvalue weighted by Crippen LogP contribution is -2.49. The summed E-state index contributed by atoms with van der Waals surface area (Å²) in [5, 5.41) is 4.34. The third kappa shape index (κ3) is 2.76. The summed E-state index contributed by atoms with van der Waals surface area (Å²) in [6.45, 7) is 4.08. The molecule has 1 unspecified atom stereocenters. The quantitative estimate of drug-likeness (QED) is 0.823. The standard InChI is InChI=1S/C19H22N4O2/c1-13(19(25)23-10-7-14-5-3-4-6-17(14)23)22-9-8-16-15(12-22)11-18(24)21(2)20-16/h3-6,11,13H,7-10,12H2,1-2H3. The molecule has 0 saturated heterocycles. The van der Waals surface area contributed by atoms with E-state index in [1.165, 1.54) is 10.2 Å². The number of rotatable bonds is 2. The number of aromatic nitrogens is 2. The first-order valence-electron chi connectivity index (χ1n) is 8.74. The van der Waals surface area contributed by atoms with Crippen LogP contribution in [0.5, 0.6) is 0 Å². The number of fused-ring (bicyclic) bond motifs is 2. The molecule has 130 valence electrons. The summed E-state index contributed by atoms with van der Waals surface area (Å²) in [5.41, 5.74) is 4.07. The van der Waals surface area contributed by atoms with Crippen molar-refractivity contribution in [1.29, 1.82) is 0 Å². The Morgan fingerprint density at radius 1 is 1.16 bits per heavy atom.